The van der Waals surface area contributed by atoms with Crippen molar-refractivity contribution in [3.8, 4) is 11.1 Å². The second kappa shape index (κ2) is 6.34. The Morgan fingerprint density at radius 3 is 2.26 bits per heavy atom. The van der Waals surface area contributed by atoms with Crippen LogP contribution in [0.25, 0.3) is 11.1 Å². The normalized spacial score (nSPS) is 11.3. The predicted molar refractivity (Wildman–Crippen MR) is 85.9 cm³/mol. The summed E-state index contributed by atoms with van der Waals surface area (Å²) in [6.07, 6.45) is 3.21. The lowest BCUT2D eigenvalue weighted by atomic mass is 10.0. The fourth-order valence-corrected chi connectivity index (χ4v) is 2.69. The summed E-state index contributed by atoms with van der Waals surface area (Å²) < 4.78 is 40.3. The zero-order valence-electron chi connectivity index (χ0n) is 12.1. The number of thiazole rings is 1. The SMILES string of the molecule is Cc1ncc(/C=N/c2ccc(-c3ccc(F)c(F)c3)cc2F)s1. The average Bonchev–Trinajstić information content (AvgIpc) is 2.94. The molecule has 0 amide bonds. The summed E-state index contributed by atoms with van der Waals surface area (Å²) in [7, 11) is 0. The Labute approximate surface area is 135 Å². The van der Waals surface area contributed by atoms with Crippen molar-refractivity contribution in [3.05, 3.63) is 69.9 Å². The van der Waals surface area contributed by atoms with Gasteiger partial charge >= 0.3 is 0 Å². The van der Waals surface area contributed by atoms with Gasteiger partial charge in [-0.05, 0) is 42.3 Å². The van der Waals surface area contributed by atoms with Gasteiger partial charge in [0.2, 0.25) is 0 Å². The zero-order chi connectivity index (χ0) is 16.4. The standard InChI is InChI=1S/C17H11F3N2S/c1-10-21-8-13(23-10)9-22-17-5-3-12(7-16(17)20)11-2-4-14(18)15(19)6-11/h2-9H,1H3/b22-9+. The topological polar surface area (TPSA) is 25.2 Å². The number of rotatable bonds is 3. The molecule has 0 fully saturated rings. The van der Waals surface area contributed by atoms with E-state index in [0.29, 0.717) is 11.1 Å². The molecule has 116 valence electrons. The Morgan fingerprint density at radius 2 is 1.65 bits per heavy atom. The number of aryl methyl sites for hydroxylation is 1. The minimum atomic E-state index is -0.967. The summed E-state index contributed by atoms with van der Waals surface area (Å²) in [5, 5.41) is 0.903. The van der Waals surface area contributed by atoms with Crippen LogP contribution in [-0.4, -0.2) is 11.2 Å². The molecule has 23 heavy (non-hydrogen) atoms. The van der Waals surface area contributed by atoms with E-state index < -0.39 is 17.5 Å². The molecule has 3 rings (SSSR count). The van der Waals surface area contributed by atoms with Gasteiger partial charge in [0.1, 0.15) is 5.82 Å². The van der Waals surface area contributed by atoms with E-state index in [2.05, 4.69) is 9.98 Å². The van der Waals surface area contributed by atoms with Gasteiger partial charge in [0, 0.05) is 12.4 Å². The molecule has 2 nitrogen and oxygen atoms in total. The second-order valence-electron chi connectivity index (χ2n) is 4.83. The molecule has 2 aromatic carbocycles. The van der Waals surface area contributed by atoms with Gasteiger partial charge in [0.25, 0.3) is 0 Å². The molecule has 0 aliphatic heterocycles. The molecule has 0 aliphatic carbocycles. The van der Waals surface area contributed by atoms with Gasteiger partial charge in [-0.1, -0.05) is 12.1 Å². The lowest BCUT2D eigenvalue weighted by Gasteiger charge is -2.04. The average molecular weight is 332 g/mol. The quantitative estimate of drug-likeness (QED) is 0.599. The molecule has 1 heterocycles. The molecule has 6 heteroatoms. The highest BCUT2D eigenvalue weighted by Gasteiger charge is 2.07. The third kappa shape index (κ3) is 3.48. The van der Waals surface area contributed by atoms with Crippen molar-refractivity contribution in [1.29, 1.82) is 0 Å². The predicted octanol–water partition coefficient (Wildman–Crippen LogP) is 5.29. The number of aromatic nitrogens is 1. The van der Waals surface area contributed by atoms with Crippen molar-refractivity contribution in [2.24, 2.45) is 4.99 Å². The van der Waals surface area contributed by atoms with Crippen molar-refractivity contribution in [2.75, 3.05) is 0 Å². The van der Waals surface area contributed by atoms with Crippen LogP contribution in [0.2, 0.25) is 0 Å². The van der Waals surface area contributed by atoms with E-state index in [9.17, 15) is 13.2 Å². The molecule has 0 radical (unpaired) electrons. The van der Waals surface area contributed by atoms with Crippen LogP contribution in [-0.2, 0) is 0 Å². The third-order valence-corrected chi connectivity index (χ3v) is 4.02. The zero-order valence-corrected chi connectivity index (χ0v) is 12.9. The molecule has 0 saturated carbocycles. The molecule has 0 unspecified atom stereocenters. The fourth-order valence-electron chi connectivity index (χ4n) is 2.04. The monoisotopic (exact) mass is 332 g/mol. The van der Waals surface area contributed by atoms with Gasteiger partial charge in [0.05, 0.1) is 15.6 Å². The number of hydrogen-bond donors (Lipinski definition) is 0. The smallest absolute Gasteiger partial charge is 0.159 e. The third-order valence-electron chi connectivity index (χ3n) is 3.17. The van der Waals surface area contributed by atoms with Crippen LogP contribution >= 0.6 is 11.3 Å². The van der Waals surface area contributed by atoms with Crippen molar-refractivity contribution in [2.45, 2.75) is 6.92 Å². The highest BCUT2D eigenvalue weighted by atomic mass is 32.1. The number of aliphatic imine (C=N–C) groups is 1. The number of benzene rings is 2. The van der Waals surface area contributed by atoms with E-state index in [1.54, 1.807) is 18.5 Å². The van der Waals surface area contributed by atoms with Crippen molar-refractivity contribution in [1.82, 2.24) is 4.98 Å². The molecule has 0 bridgehead atoms. The molecule has 0 saturated heterocycles. The van der Waals surface area contributed by atoms with Crippen LogP contribution in [0.15, 0.2) is 47.6 Å². The maximum Gasteiger partial charge on any atom is 0.159 e. The summed E-state index contributed by atoms with van der Waals surface area (Å²) >= 11 is 1.46. The van der Waals surface area contributed by atoms with Gasteiger partial charge in [-0.15, -0.1) is 11.3 Å². The number of hydrogen-bond acceptors (Lipinski definition) is 3. The van der Waals surface area contributed by atoms with Crippen LogP contribution in [0, 0.1) is 24.4 Å². The summed E-state index contributed by atoms with van der Waals surface area (Å²) in [6, 6.07) is 7.80. The first kappa shape index (κ1) is 15.4. The highest BCUT2D eigenvalue weighted by Crippen LogP contribution is 2.27. The Kier molecular flexibility index (Phi) is 4.25. The molecule has 0 spiro atoms. The van der Waals surface area contributed by atoms with E-state index in [-0.39, 0.29) is 5.69 Å². The lowest BCUT2D eigenvalue weighted by molar-refractivity contribution is 0.509. The fraction of sp³-hybridized carbons (Fsp3) is 0.0588. The van der Waals surface area contributed by atoms with Crippen LogP contribution in [0.4, 0.5) is 18.9 Å². The highest BCUT2D eigenvalue weighted by molar-refractivity contribution is 7.13. The van der Waals surface area contributed by atoms with Gasteiger partial charge in [-0.2, -0.15) is 0 Å². The molecule has 1 aromatic heterocycles. The summed E-state index contributed by atoms with van der Waals surface area (Å²) in [6.45, 7) is 1.87. The lowest BCUT2D eigenvalue weighted by Crippen LogP contribution is -1.87. The summed E-state index contributed by atoms with van der Waals surface area (Å²) in [4.78, 5) is 9.01. The van der Waals surface area contributed by atoms with Gasteiger partial charge in [0.15, 0.2) is 11.6 Å². The minimum absolute atomic E-state index is 0.169. The number of halogens is 3. The first-order valence-electron chi connectivity index (χ1n) is 6.74. The second-order valence-corrected chi connectivity index (χ2v) is 6.10. The Balaban J connectivity index is 1.88. The Hall–Kier alpha value is -2.47. The minimum Gasteiger partial charge on any atom is -0.252 e. The number of nitrogens with zero attached hydrogens (tertiary/aromatic N) is 2. The van der Waals surface area contributed by atoms with E-state index in [1.807, 2.05) is 6.92 Å². The van der Waals surface area contributed by atoms with Crippen molar-refractivity contribution < 1.29 is 13.2 Å². The maximum atomic E-state index is 14.1. The van der Waals surface area contributed by atoms with E-state index in [0.717, 1.165) is 22.0 Å². The van der Waals surface area contributed by atoms with E-state index in [1.165, 1.54) is 29.5 Å². The first-order chi connectivity index (χ1) is 11.0. The van der Waals surface area contributed by atoms with Crippen LogP contribution in [0.3, 0.4) is 0 Å². The van der Waals surface area contributed by atoms with Gasteiger partial charge < -0.3 is 0 Å². The first-order valence-corrected chi connectivity index (χ1v) is 7.56. The van der Waals surface area contributed by atoms with Crippen molar-refractivity contribution >= 4 is 23.2 Å². The summed E-state index contributed by atoms with van der Waals surface area (Å²) in [5.74, 6) is -2.44. The van der Waals surface area contributed by atoms with Crippen LogP contribution in [0.1, 0.15) is 9.88 Å². The van der Waals surface area contributed by atoms with Crippen LogP contribution < -0.4 is 0 Å². The largest absolute Gasteiger partial charge is 0.252 e. The Morgan fingerprint density at radius 1 is 0.957 bits per heavy atom. The molecule has 0 atom stereocenters. The maximum absolute atomic E-state index is 14.1. The molecular formula is C17H11F3N2S. The molecule has 0 N–H and O–H groups in total. The molecular weight excluding hydrogens is 321 g/mol. The van der Waals surface area contributed by atoms with E-state index in [4.69, 9.17) is 0 Å². The Bertz CT molecular complexity index is 887. The molecule has 0 aliphatic rings. The summed E-state index contributed by atoms with van der Waals surface area (Å²) in [5.41, 5.74) is 1.02. The van der Waals surface area contributed by atoms with Crippen LogP contribution in [0.5, 0.6) is 0 Å². The van der Waals surface area contributed by atoms with Gasteiger partial charge in [-0.3, -0.25) is 4.99 Å². The molecule has 3 aromatic rings. The van der Waals surface area contributed by atoms with Crippen molar-refractivity contribution in [3.63, 3.8) is 0 Å². The van der Waals surface area contributed by atoms with E-state index >= 15 is 0 Å². The van der Waals surface area contributed by atoms with Gasteiger partial charge in [-0.25, -0.2) is 18.2 Å².